The van der Waals surface area contributed by atoms with Gasteiger partial charge in [-0.15, -0.1) is 0 Å². The molecule has 14 heavy (non-hydrogen) atoms. The number of carbonyl (C=O) groups excluding carboxylic acids is 1. The van der Waals surface area contributed by atoms with Crippen molar-refractivity contribution in [3.8, 4) is 5.75 Å². The number of rotatable bonds is 3. The van der Waals surface area contributed by atoms with Crippen LogP contribution in [0, 0.1) is 6.92 Å². The van der Waals surface area contributed by atoms with Gasteiger partial charge < -0.3 is 14.5 Å². The van der Waals surface area contributed by atoms with Gasteiger partial charge in [0.2, 0.25) is 11.2 Å². The largest absolute Gasteiger partial charge is 0.476 e. The van der Waals surface area contributed by atoms with Crippen LogP contribution in [0.5, 0.6) is 5.75 Å². The summed E-state index contributed by atoms with van der Waals surface area (Å²) >= 11 is 0. The van der Waals surface area contributed by atoms with Crippen LogP contribution in [0.4, 0.5) is 0 Å². The molecule has 1 N–H and O–H groups in total. The molecule has 0 aliphatic rings. The van der Waals surface area contributed by atoms with Crippen molar-refractivity contribution in [2.45, 2.75) is 6.92 Å². The third-order valence-corrected chi connectivity index (χ3v) is 1.63. The van der Waals surface area contributed by atoms with Gasteiger partial charge in [-0.25, -0.2) is 0 Å². The number of likely N-dealkylation sites (N-methyl/N-ethyl adjacent to an activating group) is 1. The number of hydrogen-bond donors (Lipinski definition) is 1. The lowest BCUT2D eigenvalue weighted by Gasteiger charge is -2.05. The number of hydrogen-bond acceptors (Lipinski definition) is 4. The zero-order valence-electron chi connectivity index (χ0n) is 7.99. The molecule has 0 spiro atoms. The molecule has 0 unspecified atom stereocenters. The molecule has 1 heterocycles. The fourth-order valence-electron chi connectivity index (χ4n) is 0.883. The lowest BCUT2D eigenvalue weighted by atomic mass is 10.4. The molecular weight excluding hydrogens is 186 g/mol. The molecule has 1 amide bonds. The van der Waals surface area contributed by atoms with E-state index in [0.29, 0.717) is 5.76 Å². The molecule has 0 bridgehead atoms. The van der Waals surface area contributed by atoms with Gasteiger partial charge in [-0.1, -0.05) is 0 Å². The molecule has 5 heteroatoms. The van der Waals surface area contributed by atoms with E-state index in [1.165, 1.54) is 19.4 Å². The molecule has 0 radical (unpaired) electrons. The minimum Gasteiger partial charge on any atom is -0.476 e. The van der Waals surface area contributed by atoms with E-state index in [0.717, 1.165) is 0 Å². The maximum Gasteiger partial charge on any atom is 0.257 e. The molecule has 1 rings (SSSR count). The molecule has 1 aromatic rings. The summed E-state index contributed by atoms with van der Waals surface area (Å²) in [7, 11) is 1.49. The molecule has 0 aromatic carbocycles. The normalized spacial score (nSPS) is 9.57. The number of carbonyl (C=O) groups is 1. The zero-order chi connectivity index (χ0) is 10.6. The van der Waals surface area contributed by atoms with Gasteiger partial charge in [0.05, 0.1) is 6.26 Å². The van der Waals surface area contributed by atoms with Gasteiger partial charge in [-0.3, -0.25) is 9.59 Å². The Hall–Kier alpha value is -1.78. The number of amides is 1. The van der Waals surface area contributed by atoms with E-state index in [2.05, 4.69) is 5.32 Å². The van der Waals surface area contributed by atoms with Crippen LogP contribution >= 0.6 is 0 Å². The van der Waals surface area contributed by atoms with E-state index in [-0.39, 0.29) is 23.7 Å². The highest BCUT2D eigenvalue weighted by atomic mass is 16.5. The predicted octanol–water partition coefficient (Wildman–Crippen LogP) is 0.0730. The minimum atomic E-state index is -0.298. The maximum absolute atomic E-state index is 11.2. The summed E-state index contributed by atoms with van der Waals surface area (Å²) in [5.74, 6) is 0.144. The van der Waals surface area contributed by atoms with Crippen molar-refractivity contribution in [3.05, 3.63) is 28.3 Å². The Morgan fingerprint density at radius 1 is 1.64 bits per heavy atom. The molecule has 0 saturated carbocycles. The van der Waals surface area contributed by atoms with E-state index in [1.807, 2.05) is 0 Å². The number of nitrogens with one attached hydrogen (secondary N) is 1. The molecular formula is C9H11NO4. The molecule has 1 aromatic heterocycles. The van der Waals surface area contributed by atoms with Crippen LogP contribution in [0.3, 0.4) is 0 Å². The van der Waals surface area contributed by atoms with Gasteiger partial charge in [0.15, 0.2) is 6.61 Å². The van der Waals surface area contributed by atoms with Crippen molar-refractivity contribution in [2.24, 2.45) is 0 Å². The van der Waals surface area contributed by atoms with Crippen molar-refractivity contribution >= 4 is 5.91 Å². The summed E-state index contributed by atoms with van der Waals surface area (Å²) in [6.07, 6.45) is 1.28. The van der Waals surface area contributed by atoms with Gasteiger partial charge in [0.1, 0.15) is 5.76 Å². The first kappa shape index (κ1) is 10.3. The van der Waals surface area contributed by atoms with Crippen LogP contribution in [-0.2, 0) is 4.79 Å². The van der Waals surface area contributed by atoms with Gasteiger partial charge in [-0.05, 0) is 6.92 Å². The second kappa shape index (κ2) is 4.45. The van der Waals surface area contributed by atoms with Gasteiger partial charge >= 0.3 is 0 Å². The third kappa shape index (κ3) is 2.35. The molecule has 5 nitrogen and oxygen atoms in total. The van der Waals surface area contributed by atoms with Crippen molar-refractivity contribution < 1.29 is 13.9 Å². The summed E-state index contributed by atoms with van der Waals surface area (Å²) in [6, 6.07) is 1.24. The summed E-state index contributed by atoms with van der Waals surface area (Å²) in [6.45, 7) is 1.41. The van der Waals surface area contributed by atoms with E-state index >= 15 is 0 Å². The van der Waals surface area contributed by atoms with Gasteiger partial charge in [0.25, 0.3) is 5.91 Å². The minimum absolute atomic E-state index is 0.0797. The van der Waals surface area contributed by atoms with Crippen molar-refractivity contribution in [2.75, 3.05) is 13.7 Å². The zero-order valence-corrected chi connectivity index (χ0v) is 7.99. The first-order valence-electron chi connectivity index (χ1n) is 4.07. The van der Waals surface area contributed by atoms with Crippen LogP contribution in [-0.4, -0.2) is 19.6 Å². The standard InChI is InChI=1S/C9H11NO4/c1-6-9(7(11)3-4-13-6)14-5-8(12)10-2/h3-4H,5H2,1-2H3,(H,10,12). The Morgan fingerprint density at radius 3 is 2.93 bits per heavy atom. The maximum atomic E-state index is 11.2. The Labute approximate surface area is 80.7 Å². The fourth-order valence-corrected chi connectivity index (χ4v) is 0.883. The fraction of sp³-hybridized carbons (Fsp3) is 0.333. The SMILES string of the molecule is CNC(=O)COc1c(C)occc1=O. The number of aryl methyl sites for hydroxylation is 1. The van der Waals surface area contributed by atoms with Crippen LogP contribution < -0.4 is 15.5 Å². The van der Waals surface area contributed by atoms with E-state index < -0.39 is 0 Å². The second-order valence-corrected chi connectivity index (χ2v) is 2.63. The van der Waals surface area contributed by atoms with E-state index in [1.54, 1.807) is 6.92 Å². The molecule has 0 saturated heterocycles. The topological polar surface area (TPSA) is 68.5 Å². The van der Waals surface area contributed by atoms with Crippen LogP contribution in [0.1, 0.15) is 5.76 Å². The summed E-state index contributed by atoms with van der Waals surface area (Å²) in [5, 5.41) is 2.38. The molecule has 0 fully saturated rings. The third-order valence-electron chi connectivity index (χ3n) is 1.63. The van der Waals surface area contributed by atoms with Crippen molar-refractivity contribution in [3.63, 3.8) is 0 Å². The average Bonchev–Trinajstić information content (AvgIpc) is 2.16. The van der Waals surface area contributed by atoms with E-state index in [9.17, 15) is 9.59 Å². The first-order chi connectivity index (χ1) is 6.65. The van der Waals surface area contributed by atoms with Gasteiger partial charge in [-0.2, -0.15) is 0 Å². The quantitative estimate of drug-likeness (QED) is 0.744. The van der Waals surface area contributed by atoms with Crippen molar-refractivity contribution in [1.82, 2.24) is 5.32 Å². The highest BCUT2D eigenvalue weighted by molar-refractivity contribution is 5.77. The average molecular weight is 197 g/mol. The molecule has 0 aliphatic carbocycles. The molecule has 76 valence electrons. The van der Waals surface area contributed by atoms with Crippen LogP contribution in [0.25, 0.3) is 0 Å². The summed E-state index contributed by atoms with van der Waals surface area (Å²) in [4.78, 5) is 22.1. The molecule has 0 atom stereocenters. The van der Waals surface area contributed by atoms with E-state index in [4.69, 9.17) is 9.15 Å². The van der Waals surface area contributed by atoms with Crippen LogP contribution in [0.2, 0.25) is 0 Å². The monoisotopic (exact) mass is 197 g/mol. The van der Waals surface area contributed by atoms with Gasteiger partial charge in [0, 0.05) is 13.1 Å². The highest BCUT2D eigenvalue weighted by Crippen LogP contribution is 2.09. The second-order valence-electron chi connectivity index (χ2n) is 2.63. The number of ether oxygens (including phenoxy) is 1. The first-order valence-corrected chi connectivity index (χ1v) is 4.07. The highest BCUT2D eigenvalue weighted by Gasteiger charge is 2.07. The Bertz CT molecular complexity index is 383. The van der Waals surface area contributed by atoms with Crippen molar-refractivity contribution in [1.29, 1.82) is 0 Å². The smallest absolute Gasteiger partial charge is 0.257 e. The lowest BCUT2D eigenvalue weighted by molar-refractivity contribution is -0.122. The summed E-state index contributed by atoms with van der Waals surface area (Å²) in [5.41, 5.74) is -0.294. The Balaban J connectivity index is 2.76. The lowest BCUT2D eigenvalue weighted by Crippen LogP contribution is -2.26. The molecule has 0 aliphatic heterocycles. The Morgan fingerprint density at radius 2 is 2.36 bits per heavy atom. The van der Waals surface area contributed by atoms with Crippen LogP contribution in [0.15, 0.2) is 21.5 Å². The predicted molar refractivity (Wildman–Crippen MR) is 49.3 cm³/mol. The summed E-state index contributed by atoms with van der Waals surface area (Å²) < 4.78 is 9.95. The Kier molecular flexibility index (Phi) is 3.28.